The van der Waals surface area contributed by atoms with Crippen molar-refractivity contribution in [1.82, 2.24) is 34.9 Å². The molecule has 3 aromatic rings. The van der Waals surface area contributed by atoms with E-state index in [1.165, 1.54) is 0 Å². The van der Waals surface area contributed by atoms with Crippen LogP contribution in [-0.4, -0.2) is 95.2 Å². The van der Waals surface area contributed by atoms with Gasteiger partial charge in [-0.3, -0.25) is 4.68 Å². The first-order valence-corrected chi connectivity index (χ1v) is 12.6. The highest BCUT2D eigenvalue weighted by atomic mass is 16.5. The summed E-state index contributed by atoms with van der Waals surface area (Å²) < 4.78 is 6.97. The van der Waals surface area contributed by atoms with Crippen molar-refractivity contribution in [3.63, 3.8) is 0 Å². The van der Waals surface area contributed by atoms with Crippen LogP contribution < -0.4 is 20.4 Å². The molecule has 12 heteroatoms. The van der Waals surface area contributed by atoms with E-state index >= 15 is 0 Å². The van der Waals surface area contributed by atoms with E-state index < -0.39 is 0 Å². The quantitative estimate of drug-likeness (QED) is 0.454. The van der Waals surface area contributed by atoms with Gasteiger partial charge in [-0.25, -0.2) is 9.78 Å². The van der Waals surface area contributed by atoms with Crippen molar-refractivity contribution in [1.29, 1.82) is 0 Å². The van der Waals surface area contributed by atoms with Gasteiger partial charge in [0, 0.05) is 83.2 Å². The minimum absolute atomic E-state index is 0.0534. The number of anilines is 4. The molecule has 5 heterocycles. The number of piperazine rings is 1. The lowest BCUT2D eigenvalue weighted by molar-refractivity contribution is 0.177. The molecule has 2 N–H and O–H groups in total. The summed E-state index contributed by atoms with van der Waals surface area (Å²) in [6, 6.07) is 3.92. The van der Waals surface area contributed by atoms with E-state index in [1.54, 1.807) is 7.11 Å². The van der Waals surface area contributed by atoms with Crippen LogP contribution in [0.3, 0.4) is 0 Å². The number of aryl methyl sites for hydroxylation is 1. The van der Waals surface area contributed by atoms with Gasteiger partial charge in [-0.05, 0) is 19.8 Å². The molecular weight excluding hydrogens is 460 g/mol. The Morgan fingerprint density at radius 3 is 2.56 bits per heavy atom. The number of nitrogens with one attached hydrogen (secondary N) is 2. The van der Waals surface area contributed by atoms with E-state index in [0.717, 1.165) is 55.1 Å². The van der Waals surface area contributed by atoms with Crippen molar-refractivity contribution in [2.75, 3.05) is 74.6 Å². The summed E-state index contributed by atoms with van der Waals surface area (Å²) in [6.45, 7) is 8.45. The first kappa shape index (κ1) is 24.0. The summed E-state index contributed by atoms with van der Waals surface area (Å²) in [5, 5.41) is 11.7. The van der Waals surface area contributed by atoms with E-state index in [1.807, 2.05) is 34.1 Å². The molecule has 12 nitrogen and oxygen atoms in total. The normalized spacial score (nSPS) is 16.1. The van der Waals surface area contributed by atoms with Crippen LogP contribution in [0.25, 0.3) is 10.9 Å². The number of fused-ring (bicyclic) bond motifs is 1. The van der Waals surface area contributed by atoms with Gasteiger partial charge in [-0.2, -0.15) is 15.1 Å². The molecule has 0 spiro atoms. The number of hydrogen-bond donors (Lipinski definition) is 2. The van der Waals surface area contributed by atoms with Crippen molar-refractivity contribution in [3.8, 4) is 0 Å². The summed E-state index contributed by atoms with van der Waals surface area (Å²) in [5.74, 6) is 3.00. The van der Waals surface area contributed by atoms with Crippen LogP contribution in [0.1, 0.15) is 19.8 Å². The predicted octanol–water partition coefficient (Wildman–Crippen LogP) is 2.06. The lowest BCUT2D eigenvalue weighted by atomic mass is 10.3. The van der Waals surface area contributed by atoms with Crippen LogP contribution in [0.5, 0.6) is 0 Å². The number of methoxy groups -OCH3 is 1. The Morgan fingerprint density at radius 1 is 1.00 bits per heavy atom. The van der Waals surface area contributed by atoms with Crippen LogP contribution in [0, 0.1) is 0 Å². The molecule has 36 heavy (non-hydrogen) atoms. The molecule has 0 unspecified atom stereocenters. The first-order chi connectivity index (χ1) is 17.6. The Labute approximate surface area is 210 Å². The molecule has 0 atom stereocenters. The molecule has 2 fully saturated rings. The van der Waals surface area contributed by atoms with Gasteiger partial charge < -0.3 is 30.1 Å². The average Bonchev–Trinajstić information content (AvgIpc) is 3.59. The SMILES string of the molecule is CCn1ncc2cnc(Nc3cc(N4CCN(C(=O)NCCOC)CC4)nc(N4CCCC4)n3)cc21. The number of urea groups is 1. The average molecular weight is 495 g/mol. The van der Waals surface area contributed by atoms with Gasteiger partial charge in [0.15, 0.2) is 0 Å². The van der Waals surface area contributed by atoms with Gasteiger partial charge in [0.1, 0.15) is 17.5 Å². The van der Waals surface area contributed by atoms with Gasteiger partial charge in [0.05, 0.1) is 18.3 Å². The zero-order chi connectivity index (χ0) is 24.9. The van der Waals surface area contributed by atoms with Crippen LogP contribution in [-0.2, 0) is 11.3 Å². The molecule has 2 saturated heterocycles. The maximum absolute atomic E-state index is 12.4. The topological polar surface area (TPSA) is 117 Å². The number of ether oxygens (including phenoxy) is 1. The molecule has 3 aromatic heterocycles. The highest BCUT2D eigenvalue weighted by Gasteiger charge is 2.24. The van der Waals surface area contributed by atoms with Crippen LogP contribution in [0.15, 0.2) is 24.5 Å². The summed E-state index contributed by atoms with van der Waals surface area (Å²) in [5.41, 5.74) is 1.03. The zero-order valence-corrected chi connectivity index (χ0v) is 21.0. The molecule has 2 amide bonds. The molecule has 0 saturated carbocycles. The van der Waals surface area contributed by atoms with Gasteiger partial charge in [-0.15, -0.1) is 0 Å². The fourth-order valence-electron chi connectivity index (χ4n) is 4.64. The number of pyridine rings is 1. The largest absolute Gasteiger partial charge is 0.383 e. The van der Waals surface area contributed by atoms with E-state index in [2.05, 4.69) is 37.4 Å². The van der Waals surface area contributed by atoms with Crippen molar-refractivity contribution in [2.45, 2.75) is 26.3 Å². The third-order valence-electron chi connectivity index (χ3n) is 6.64. The predicted molar refractivity (Wildman–Crippen MR) is 139 cm³/mol. The molecule has 0 aromatic carbocycles. The summed E-state index contributed by atoms with van der Waals surface area (Å²) in [6.07, 6.45) is 5.96. The Hall–Kier alpha value is -3.67. The van der Waals surface area contributed by atoms with E-state index in [9.17, 15) is 4.79 Å². The maximum atomic E-state index is 12.4. The highest BCUT2D eigenvalue weighted by Crippen LogP contribution is 2.26. The van der Waals surface area contributed by atoms with Crippen LogP contribution >= 0.6 is 0 Å². The molecule has 2 aliphatic heterocycles. The molecule has 2 aliphatic rings. The number of nitrogens with zero attached hydrogens (tertiary/aromatic N) is 8. The van der Waals surface area contributed by atoms with E-state index in [0.29, 0.717) is 51.0 Å². The Morgan fingerprint density at radius 2 is 1.81 bits per heavy atom. The smallest absolute Gasteiger partial charge is 0.317 e. The van der Waals surface area contributed by atoms with Crippen molar-refractivity contribution >= 4 is 40.3 Å². The Kier molecular flexibility index (Phi) is 7.31. The van der Waals surface area contributed by atoms with Crippen molar-refractivity contribution in [3.05, 3.63) is 24.5 Å². The minimum atomic E-state index is -0.0534. The summed E-state index contributed by atoms with van der Waals surface area (Å²) in [7, 11) is 1.63. The lowest BCUT2D eigenvalue weighted by Crippen LogP contribution is -2.52. The van der Waals surface area contributed by atoms with Crippen LogP contribution in [0.4, 0.5) is 28.2 Å². The second-order valence-electron chi connectivity index (χ2n) is 9.02. The van der Waals surface area contributed by atoms with Crippen molar-refractivity contribution in [2.24, 2.45) is 0 Å². The van der Waals surface area contributed by atoms with Gasteiger partial charge in [0.25, 0.3) is 0 Å². The molecule has 5 rings (SSSR count). The highest BCUT2D eigenvalue weighted by molar-refractivity contribution is 5.81. The summed E-state index contributed by atoms with van der Waals surface area (Å²) >= 11 is 0. The number of amides is 2. The van der Waals surface area contributed by atoms with Gasteiger partial charge in [0.2, 0.25) is 5.95 Å². The second kappa shape index (κ2) is 10.9. The molecule has 0 bridgehead atoms. The Balaban J connectivity index is 1.34. The third-order valence-corrected chi connectivity index (χ3v) is 6.64. The standard InChI is InChI=1S/C24H34N10O2/c1-3-34-19-14-20(26-16-18(19)17-27-34)28-21-15-22(30-23(29-21)32-7-4-5-8-32)31-9-11-33(12-10-31)24(35)25-6-13-36-2/h14-17H,3-13H2,1-2H3,(H,25,35)(H,26,28,29,30). The molecule has 0 radical (unpaired) electrons. The minimum Gasteiger partial charge on any atom is -0.383 e. The molecule has 192 valence electrons. The van der Waals surface area contributed by atoms with E-state index in [4.69, 9.17) is 14.7 Å². The molecule has 0 aliphatic carbocycles. The first-order valence-electron chi connectivity index (χ1n) is 12.6. The van der Waals surface area contributed by atoms with Crippen LogP contribution in [0.2, 0.25) is 0 Å². The number of carbonyl (C=O) groups is 1. The summed E-state index contributed by atoms with van der Waals surface area (Å²) in [4.78, 5) is 33.0. The number of carbonyl (C=O) groups excluding carboxylic acids is 1. The zero-order valence-electron chi connectivity index (χ0n) is 21.0. The van der Waals surface area contributed by atoms with E-state index in [-0.39, 0.29) is 6.03 Å². The number of hydrogen-bond acceptors (Lipinski definition) is 9. The third kappa shape index (κ3) is 5.27. The fourth-order valence-corrected chi connectivity index (χ4v) is 4.64. The Bertz CT molecular complexity index is 1180. The maximum Gasteiger partial charge on any atom is 0.317 e. The number of rotatable bonds is 8. The number of aromatic nitrogens is 5. The molecular formula is C24H34N10O2. The monoisotopic (exact) mass is 494 g/mol. The van der Waals surface area contributed by atoms with Gasteiger partial charge >= 0.3 is 6.03 Å². The van der Waals surface area contributed by atoms with Crippen molar-refractivity contribution < 1.29 is 9.53 Å². The fraction of sp³-hybridized carbons (Fsp3) is 0.542. The van der Waals surface area contributed by atoms with Gasteiger partial charge in [-0.1, -0.05) is 0 Å². The second-order valence-corrected chi connectivity index (χ2v) is 9.02. The lowest BCUT2D eigenvalue weighted by Gasteiger charge is -2.35.